The summed E-state index contributed by atoms with van der Waals surface area (Å²) in [7, 11) is 0. The van der Waals surface area contributed by atoms with E-state index in [1.54, 1.807) is 6.07 Å². The van der Waals surface area contributed by atoms with Gasteiger partial charge in [0.2, 0.25) is 0 Å². The fourth-order valence-electron chi connectivity index (χ4n) is 1.99. The molecule has 0 radical (unpaired) electrons. The summed E-state index contributed by atoms with van der Waals surface area (Å²) >= 11 is 0. The molecule has 0 aromatic heterocycles. The highest BCUT2D eigenvalue weighted by molar-refractivity contribution is 5.46. The van der Waals surface area contributed by atoms with E-state index in [0.29, 0.717) is 12.3 Å². The molecule has 2 nitrogen and oxygen atoms in total. The van der Waals surface area contributed by atoms with Crippen LogP contribution in [0.3, 0.4) is 0 Å². The van der Waals surface area contributed by atoms with Gasteiger partial charge < -0.3 is 10.5 Å². The number of ether oxygens (including phenoxy) is 1. The van der Waals surface area contributed by atoms with Crippen LogP contribution in [-0.4, -0.2) is 0 Å². The Labute approximate surface area is 119 Å². The van der Waals surface area contributed by atoms with Gasteiger partial charge in [0.25, 0.3) is 0 Å². The van der Waals surface area contributed by atoms with Crippen LogP contribution >= 0.6 is 0 Å². The molecule has 0 unspecified atom stereocenters. The molecular weight excluding hydrogens is 253 g/mol. The maximum atomic E-state index is 12.9. The molecule has 20 heavy (non-hydrogen) atoms. The van der Waals surface area contributed by atoms with Crippen LogP contribution in [0, 0.1) is 5.82 Å². The van der Waals surface area contributed by atoms with Gasteiger partial charge in [-0.3, -0.25) is 0 Å². The Kier molecular flexibility index (Phi) is 4.99. The molecular formula is C17H20FNO. The zero-order valence-corrected chi connectivity index (χ0v) is 11.7. The predicted octanol–water partition coefficient (Wildman–Crippen LogP) is 4.33. The topological polar surface area (TPSA) is 35.2 Å². The average Bonchev–Trinajstić information content (AvgIpc) is 2.45. The molecule has 0 fully saturated rings. The molecule has 2 rings (SSSR count). The SMILES string of the molecule is CCCCc1ccc(OCc2ccc(F)cc2N)cc1. The van der Waals surface area contributed by atoms with Crippen molar-refractivity contribution in [2.75, 3.05) is 5.73 Å². The first-order valence-electron chi connectivity index (χ1n) is 6.94. The second kappa shape index (κ2) is 6.94. The van der Waals surface area contributed by atoms with Gasteiger partial charge in [-0.15, -0.1) is 0 Å². The lowest BCUT2D eigenvalue weighted by Crippen LogP contribution is -2.00. The maximum absolute atomic E-state index is 12.9. The number of unbranched alkanes of at least 4 members (excludes halogenated alkanes) is 1. The molecule has 2 aromatic carbocycles. The van der Waals surface area contributed by atoms with E-state index in [-0.39, 0.29) is 5.82 Å². The third kappa shape index (κ3) is 3.98. The van der Waals surface area contributed by atoms with Crippen molar-refractivity contribution in [2.45, 2.75) is 32.8 Å². The van der Waals surface area contributed by atoms with Gasteiger partial charge in [-0.1, -0.05) is 31.5 Å². The second-order valence-electron chi connectivity index (χ2n) is 4.88. The van der Waals surface area contributed by atoms with Crippen LogP contribution < -0.4 is 10.5 Å². The van der Waals surface area contributed by atoms with Crippen LogP contribution in [-0.2, 0) is 13.0 Å². The summed E-state index contributed by atoms with van der Waals surface area (Å²) in [5, 5.41) is 0. The minimum absolute atomic E-state index is 0.327. The normalized spacial score (nSPS) is 10.5. The van der Waals surface area contributed by atoms with Gasteiger partial charge in [0.05, 0.1) is 0 Å². The Morgan fingerprint density at radius 1 is 1.10 bits per heavy atom. The standard InChI is InChI=1S/C17H20FNO/c1-2-3-4-13-5-9-16(10-6-13)20-12-14-7-8-15(18)11-17(14)19/h5-11H,2-4,12,19H2,1H3. The van der Waals surface area contributed by atoms with E-state index in [0.717, 1.165) is 17.7 Å². The van der Waals surface area contributed by atoms with Gasteiger partial charge in [0, 0.05) is 11.3 Å². The molecule has 0 aliphatic carbocycles. The highest BCUT2D eigenvalue weighted by atomic mass is 19.1. The lowest BCUT2D eigenvalue weighted by atomic mass is 10.1. The number of hydrogen-bond acceptors (Lipinski definition) is 2. The summed E-state index contributed by atoms with van der Waals surface area (Å²) in [6.07, 6.45) is 3.50. The Hall–Kier alpha value is -2.03. The van der Waals surface area contributed by atoms with Crippen LogP contribution in [0.5, 0.6) is 5.75 Å². The smallest absolute Gasteiger partial charge is 0.125 e. The lowest BCUT2D eigenvalue weighted by molar-refractivity contribution is 0.306. The highest BCUT2D eigenvalue weighted by Crippen LogP contribution is 2.18. The molecule has 2 aromatic rings. The number of halogens is 1. The van der Waals surface area contributed by atoms with Crippen LogP contribution in [0.1, 0.15) is 30.9 Å². The van der Waals surface area contributed by atoms with Crippen molar-refractivity contribution < 1.29 is 9.13 Å². The van der Waals surface area contributed by atoms with Crippen LogP contribution in [0.4, 0.5) is 10.1 Å². The summed E-state index contributed by atoms with van der Waals surface area (Å²) in [5.41, 5.74) is 8.28. The van der Waals surface area contributed by atoms with Crippen molar-refractivity contribution in [3.05, 3.63) is 59.4 Å². The third-order valence-electron chi connectivity index (χ3n) is 3.24. The van der Waals surface area contributed by atoms with Crippen molar-refractivity contribution in [1.29, 1.82) is 0 Å². The van der Waals surface area contributed by atoms with Crippen molar-refractivity contribution in [2.24, 2.45) is 0 Å². The van der Waals surface area contributed by atoms with Gasteiger partial charge in [-0.2, -0.15) is 0 Å². The molecule has 0 saturated carbocycles. The van der Waals surface area contributed by atoms with Gasteiger partial charge in [0.1, 0.15) is 18.2 Å². The molecule has 0 aliphatic heterocycles. The van der Waals surface area contributed by atoms with E-state index in [1.807, 2.05) is 12.1 Å². The minimum atomic E-state index is -0.327. The van der Waals surface area contributed by atoms with Crippen LogP contribution in [0.2, 0.25) is 0 Å². The number of anilines is 1. The molecule has 0 saturated heterocycles. The molecule has 0 heterocycles. The van der Waals surface area contributed by atoms with E-state index in [1.165, 1.54) is 30.5 Å². The zero-order chi connectivity index (χ0) is 14.4. The van der Waals surface area contributed by atoms with Gasteiger partial charge in [0.15, 0.2) is 0 Å². The second-order valence-corrected chi connectivity index (χ2v) is 4.88. The van der Waals surface area contributed by atoms with E-state index in [4.69, 9.17) is 10.5 Å². The number of aryl methyl sites for hydroxylation is 1. The molecule has 0 bridgehead atoms. The summed E-state index contributed by atoms with van der Waals surface area (Å²) in [5.74, 6) is 0.473. The molecule has 106 valence electrons. The van der Waals surface area contributed by atoms with Crippen molar-refractivity contribution in [3.8, 4) is 5.75 Å². The fourth-order valence-corrected chi connectivity index (χ4v) is 1.99. The van der Waals surface area contributed by atoms with Gasteiger partial charge in [-0.25, -0.2) is 4.39 Å². The molecule has 0 spiro atoms. The van der Waals surface area contributed by atoms with E-state index < -0.39 is 0 Å². The van der Waals surface area contributed by atoms with E-state index in [9.17, 15) is 4.39 Å². The summed E-state index contributed by atoms with van der Waals surface area (Å²) in [6, 6.07) is 12.4. The van der Waals surface area contributed by atoms with E-state index in [2.05, 4.69) is 19.1 Å². The number of nitrogen functional groups attached to an aromatic ring is 1. The quantitative estimate of drug-likeness (QED) is 0.795. The van der Waals surface area contributed by atoms with Crippen LogP contribution in [0.15, 0.2) is 42.5 Å². The molecule has 0 amide bonds. The molecule has 0 atom stereocenters. The molecule has 0 aliphatic rings. The fraction of sp³-hybridized carbons (Fsp3) is 0.294. The average molecular weight is 273 g/mol. The first kappa shape index (κ1) is 14.4. The Morgan fingerprint density at radius 2 is 1.85 bits per heavy atom. The number of nitrogens with two attached hydrogens (primary N) is 1. The third-order valence-corrected chi connectivity index (χ3v) is 3.24. The van der Waals surface area contributed by atoms with Gasteiger partial charge >= 0.3 is 0 Å². The Balaban J connectivity index is 1.93. The van der Waals surface area contributed by atoms with Crippen molar-refractivity contribution in [1.82, 2.24) is 0 Å². The van der Waals surface area contributed by atoms with Crippen molar-refractivity contribution >= 4 is 5.69 Å². The molecule has 2 N–H and O–H groups in total. The summed E-state index contributed by atoms with van der Waals surface area (Å²) < 4.78 is 18.6. The Bertz CT molecular complexity index is 551. The Morgan fingerprint density at radius 3 is 2.50 bits per heavy atom. The van der Waals surface area contributed by atoms with Gasteiger partial charge in [-0.05, 0) is 42.7 Å². The minimum Gasteiger partial charge on any atom is -0.489 e. The number of benzene rings is 2. The zero-order valence-electron chi connectivity index (χ0n) is 11.7. The summed E-state index contributed by atoms with van der Waals surface area (Å²) in [6.45, 7) is 2.53. The molecule has 3 heteroatoms. The largest absolute Gasteiger partial charge is 0.489 e. The summed E-state index contributed by atoms with van der Waals surface area (Å²) in [4.78, 5) is 0. The lowest BCUT2D eigenvalue weighted by Gasteiger charge is -2.09. The first-order valence-corrected chi connectivity index (χ1v) is 6.94. The predicted molar refractivity (Wildman–Crippen MR) is 80.2 cm³/mol. The van der Waals surface area contributed by atoms with Crippen molar-refractivity contribution in [3.63, 3.8) is 0 Å². The van der Waals surface area contributed by atoms with Crippen LogP contribution in [0.25, 0.3) is 0 Å². The highest BCUT2D eigenvalue weighted by Gasteiger charge is 2.02. The van der Waals surface area contributed by atoms with E-state index >= 15 is 0 Å². The first-order chi connectivity index (χ1) is 9.69. The number of hydrogen-bond donors (Lipinski definition) is 1. The monoisotopic (exact) mass is 273 g/mol. The number of rotatable bonds is 6. The maximum Gasteiger partial charge on any atom is 0.125 e.